The van der Waals surface area contributed by atoms with E-state index >= 15 is 0 Å². The van der Waals surface area contributed by atoms with Crippen molar-refractivity contribution < 1.29 is 28.8 Å². The monoisotopic (exact) mass is 350 g/mol. The number of rotatable bonds is 8. The van der Waals surface area contributed by atoms with Crippen LogP contribution in [0.3, 0.4) is 0 Å². The summed E-state index contributed by atoms with van der Waals surface area (Å²) in [5.74, 6) is -1.78. The third-order valence-electron chi connectivity index (χ3n) is 3.13. The van der Waals surface area contributed by atoms with Crippen molar-refractivity contribution in [3.63, 3.8) is 0 Å². The predicted molar refractivity (Wildman–Crippen MR) is 86.5 cm³/mol. The van der Waals surface area contributed by atoms with E-state index in [0.717, 1.165) is 6.08 Å². The smallest absolute Gasteiger partial charge is 0.330 e. The summed E-state index contributed by atoms with van der Waals surface area (Å²) in [5.41, 5.74) is 0.302. The first-order valence-electron chi connectivity index (χ1n) is 7.22. The van der Waals surface area contributed by atoms with Gasteiger partial charge in [0.05, 0.1) is 25.6 Å². The molecule has 1 aromatic carbocycles. The van der Waals surface area contributed by atoms with Crippen LogP contribution < -0.4 is 5.32 Å². The molecule has 1 atom stereocenters. The van der Waals surface area contributed by atoms with Gasteiger partial charge < -0.3 is 14.8 Å². The van der Waals surface area contributed by atoms with Crippen LogP contribution in [-0.4, -0.2) is 43.0 Å². The lowest BCUT2D eigenvalue weighted by Gasteiger charge is -2.14. The highest BCUT2D eigenvalue weighted by atomic mass is 16.6. The first kappa shape index (κ1) is 19.8. The number of nitro groups is 1. The van der Waals surface area contributed by atoms with Crippen LogP contribution in [0.25, 0.3) is 0 Å². The molecule has 0 saturated heterocycles. The molecular formula is C16H18N2O7. The number of carbonyl (C=O) groups excluding carboxylic acids is 3. The second-order valence-electron chi connectivity index (χ2n) is 4.91. The minimum absolute atomic E-state index is 0.0302. The number of benzene rings is 1. The van der Waals surface area contributed by atoms with Gasteiger partial charge in [-0.2, -0.15) is 0 Å². The van der Waals surface area contributed by atoms with Gasteiger partial charge in [-0.3, -0.25) is 14.9 Å². The van der Waals surface area contributed by atoms with Crippen molar-refractivity contribution in [3.05, 3.63) is 52.1 Å². The van der Waals surface area contributed by atoms with Crippen molar-refractivity contribution in [1.82, 2.24) is 5.32 Å². The van der Waals surface area contributed by atoms with Crippen molar-refractivity contribution in [2.24, 2.45) is 0 Å². The lowest BCUT2D eigenvalue weighted by molar-refractivity contribution is -0.384. The molecule has 0 bridgehead atoms. The second kappa shape index (κ2) is 9.81. The summed E-state index contributed by atoms with van der Waals surface area (Å²) >= 11 is 0. The Hall–Kier alpha value is -3.23. The zero-order valence-corrected chi connectivity index (χ0v) is 13.8. The molecule has 0 aromatic heterocycles. The third-order valence-corrected chi connectivity index (χ3v) is 3.13. The molecule has 0 radical (unpaired) electrons. The molecule has 0 spiro atoms. The fraction of sp³-hybridized carbons (Fsp3) is 0.312. The SMILES string of the molecule is COC(=O)/C=C/C[C@H](NC(=O)Cc1cccc([N+](=O)[O-])c1)C(=O)OC. The molecule has 0 saturated carbocycles. The molecule has 1 N–H and O–H groups in total. The van der Waals surface area contributed by atoms with E-state index in [-0.39, 0.29) is 18.5 Å². The highest BCUT2D eigenvalue weighted by molar-refractivity contribution is 5.86. The lowest BCUT2D eigenvalue weighted by Crippen LogP contribution is -2.41. The number of nitro benzene ring substituents is 1. The largest absolute Gasteiger partial charge is 0.467 e. The summed E-state index contributed by atoms with van der Waals surface area (Å²) in [6, 6.07) is 4.64. The molecule has 25 heavy (non-hydrogen) atoms. The van der Waals surface area contributed by atoms with Gasteiger partial charge in [0.1, 0.15) is 6.04 Å². The Labute approximate surface area is 143 Å². The Bertz CT molecular complexity index is 685. The summed E-state index contributed by atoms with van der Waals surface area (Å²) in [6.07, 6.45) is 2.39. The Morgan fingerprint density at radius 3 is 2.60 bits per heavy atom. The summed E-state index contributed by atoms with van der Waals surface area (Å²) in [7, 11) is 2.39. The summed E-state index contributed by atoms with van der Waals surface area (Å²) < 4.78 is 9.03. The van der Waals surface area contributed by atoms with Crippen LogP contribution >= 0.6 is 0 Å². The highest BCUT2D eigenvalue weighted by Crippen LogP contribution is 2.13. The molecule has 9 nitrogen and oxygen atoms in total. The molecular weight excluding hydrogens is 332 g/mol. The number of hydrogen-bond acceptors (Lipinski definition) is 7. The minimum atomic E-state index is -0.989. The van der Waals surface area contributed by atoms with E-state index in [9.17, 15) is 24.5 Å². The summed E-state index contributed by atoms with van der Waals surface area (Å²) in [5, 5.41) is 13.2. The zero-order valence-electron chi connectivity index (χ0n) is 13.8. The van der Waals surface area contributed by atoms with Crippen LogP contribution in [0.5, 0.6) is 0 Å². The van der Waals surface area contributed by atoms with Crippen molar-refractivity contribution >= 4 is 23.5 Å². The van der Waals surface area contributed by atoms with Crippen molar-refractivity contribution in [3.8, 4) is 0 Å². The number of amides is 1. The number of carbonyl (C=O) groups is 3. The number of nitrogens with one attached hydrogen (secondary N) is 1. The predicted octanol–water partition coefficient (Wildman–Crippen LogP) is 0.914. The Kier molecular flexibility index (Phi) is 7.77. The topological polar surface area (TPSA) is 125 Å². The molecule has 0 fully saturated rings. The average molecular weight is 350 g/mol. The fourth-order valence-corrected chi connectivity index (χ4v) is 1.94. The van der Waals surface area contributed by atoms with Crippen molar-refractivity contribution in [1.29, 1.82) is 0 Å². The van der Waals surface area contributed by atoms with Gasteiger partial charge in [0.15, 0.2) is 0 Å². The van der Waals surface area contributed by atoms with Gasteiger partial charge in [0.2, 0.25) is 5.91 Å². The first-order chi connectivity index (χ1) is 11.9. The normalized spacial score (nSPS) is 11.6. The molecule has 0 aliphatic heterocycles. The van der Waals surface area contributed by atoms with Gasteiger partial charge in [-0.15, -0.1) is 0 Å². The molecule has 1 rings (SSSR count). The number of hydrogen-bond donors (Lipinski definition) is 1. The van der Waals surface area contributed by atoms with E-state index in [4.69, 9.17) is 0 Å². The number of methoxy groups -OCH3 is 2. The Morgan fingerprint density at radius 1 is 1.28 bits per heavy atom. The standard InChI is InChI=1S/C16H18N2O7/c1-24-15(20)8-4-7-13(16(21)25-2)17-14(19)10-11-5-3-6-12(9-11)18(22)23/h3-6,8-9,13H,7,10H2,1-2H3,(H,17,19)/b8-4+/t13-/m0/s1. The van der Waals surface area contributed by atoms with E-state index in [0.29, 0.717) is 5.56 Å². The van der Waals surface area contributed by atoms with Crippen LogP contribution in [0.1, 0.15) is 12.0 Å². The van der Waals surface area contributed by atoms with E-state index in [1.165, 1.54) is 38.5 Å². The summed E-state index contributed by atoms with van der Waals surface area (Å²) in [4.78, 5) is 45.0. The maximum Gasteiger partial charge on any atom is 0.330 e. The van der Waals surface area contributed by atoms with Crippen LogP contribution in [0.15, 0.2) is 36.4 Å². The van der Waals surface area contributed by atoms with E-state index in [2.05, 4.69) is 14.8 Å². The second-order valence-corrected chi connectivity index (χ2v) is 4.91. The summed E-state index contributed by atoms with van der Waals surface area (Å²) in [6.45, 7) is 0. The molecule has 134 valence electrons. The molecule has 9 heteroatoms. The zero-order chi connectivity index (χ0) is 18.8. The van der Waals surface area contributed by atoms with Crippen molar-refractivity contribution in [2.75, 3.05) is 14.2 Å². The van der Waals surface area contributed by atoms with E-state index < -0.39 is 28.8 Å². The van der Waals surface area contributed by atoms with Gasteiger partial charge in [-0.25, -0.2) is 9.59 Å². The van der Waals surface area contributed by atoms with Crippen molar-refractivity contribution in [2.45, 2.75) is 18.9 Å². The maximum atomic E-state index is 12.1. The quantitative estimate of drug-likeness (QED) is 0.320. The van der Waals surface area contributed by atoms with Crippen LogP contribution in [0.2, 0.25) is 0 Å². The number of non-ortho nitro benzene ring substituents is 1. The van der Waals surface area contributed by atoms with Gasteiger partial charge in [-0.05, 0) is 12.0 Å². The molecule has 1 amide bonds. The first-order valence-corrected chi connectivity index (χ1v) is 7.22. The van der Waals surface area contributed by atoms with Crippen LogP contribution in [0.4, 0.5) is 5.69 Å². The van der Waals surface area contributed by atoms with Gasteiger partial charge >= 0.3 is 11.9 Å². The Balaban J connectivity index is 2.73. The molecule has 0 aliphatic rings. The average Bonchev–Trinajstić information content (AvgIpc) is 2.60. The Morgan fingerprint density at radius 2 is 2.00 bits per heavy atom. The van der Waals surface area contributed by atoms with Gasteiger partial charge in [0, 0.05) is 18.2 Å². The number of ether oxygens (including phenoxy) is 2. The van der Waals surface area contributed by atoms with Gasteiger partial charge in [0.25, 0.3) is 5.69 Å². The molecule has 0 heterocycles. The molecule has 1 aromatic rings. The molecule has 0 aliphatic carbocycles. The maximum absolute atomic E-state index is 12.1. The minimum Gasteiger partial charge on any atom is -0.467 e. The van der Waals surface area contributed by atoms with Gasteiger partial charge in [-0.1, -0.05) is 18.2 Å². The third kappa shape index (κ3) is 6.81. The highest BCUT2D eigenvalue weighted by Gasteiger charge is 2.20. The van der Waals surface area contributed by atoms with Crippen LogP contribution in [-0.2, 0) is 30.3 Å². The van der Waals surface area contributed by atoms with Crippen LogP contribution in [0, 0.1) is 10.1 Å². The number of nitrogens with zero attached hydrogens (tertiary/aromatic N) is 1. The van der Waals surface area contributed by atoms with E-state index in [1.54, 1.807) is 6.07 Å². The lowest BCUT2D eigenvalue weighted by atomic mass is 10.1. The molecule has 0 unspecified atom stereocenters. The number of esters is 2. The fourth-order valence-electron chi connectivity index (χ4n) is 1.94. The van der Waals surface area contributed by atoms with E-state index in [1.807, 2.05) is 0 Å².